The predicted molar refractivity (Wildman–Crippen MR) is 55.6 cm³/mol. The van der Waals surface area contributed by atoms with Crippen molar-refractivity contribution in [2.24, 2.45) is 0 Å². The molecule has 0 spiro atoms. The van der Waals surface area contributed by atoms with Crippen LogP contribution in [-0.4, -0.2) is 11.7 Å². The Balaban J connectivity index is 3.21. The number of carbonyl (C=O) groups excluding carboxylic acids is 1. The second-order valence-electron chi connectivity index (χ2n) is 3.34. The maximum Gasteiger partial charge on any atom is 0.416 e. The number of carbonyl (C=O) groups is 1. The first-order chi connectivity index (χ1) is 7.88. The quantitative estimate of drug-likeness (QED) is 0.620. The molecule has 0 heterocycles. The second-order valence-corrected chi connectivity index (χ2v) is 3.90. The number of rotatable bonds is 3. The fraction of sp³-hybridized carbons (Fsp3) is 0.273. The maximum atomic E-state index is 12.7. The highest BCUT2D eigenvalue weighted by Gasteiger charge is 2.33. The summed E-state index contributed by atoms with van der Waals surface area (Å²) < 4.78 is 38.0. The molecule has 0 saturated carbocycles. The number of aldehydes is 1. The Hall–Kier alpha value is -1.54. The third-order valence-electron chi connectivity index (χ3n) is 2.11. The molecule has 0 bridgehead atoms. The molecule has 0 radical (unpaired) electrons. The van der Waals surface area contributed by atoms with Crippen molar-refractivity contribution in [2.75, 3.05) is 0 Å². The highest BCUT2D eigenvalue weighted by Crippen LogP contribution is 2.33. The first-order valence-corrected chi connectivity index (χ1v) is 5.01. The van der Waals surface area contributed by atoms with Gasteiger partial charge in [0.05, 0.1) is 22.6 Å². The summed E-state index contributed by atoms with van der Waals surface area (Å²) in [5.74, 6) is 0. The van der Waals surface area contributed by atoms with E-state index in [4.69, 9.17) is 16.9 Å². The number of hydrogen-bond acceptors (Lipinski definition) is 2. The van der Waals surface area contributed by atoms with Crippen molar-refractivity contribution in [3.05, 3.63) is 34.9 Å². The lowest BCUT2D eigenvalue weighted by Crippen LogP contribution is -2.13. The fourth-order valence-corrected chi connectivity index (χ4v) is 1.51. The minimum Gasteiger partial charge on any atom is -0.302 e. The molecule has 0 amide bonds. The highest BCUT2D eigenvalue weighted by atomic mass is 35.5. The molecule has 0 aromatic heterocycles. The van der Waals surface area contributed by atoms with Crippen LogP contribution < -0.4 is 0 Å². The van der Waals surface area contributed by atoms with Crippen LogP contribution >= 0.6 is 11.6 Å². The van der Waals surface area contributed by atoms with E-state index < -0.39 is 17.1 Å². The van der Waals surface area contributed by atoms with Gasteiger partial charge in [0.2, 0.25) is 0 Å². The van der Waals surface area contributed by atoms with Gasteiger partial charge in [-0.2, -0.15) is 18.4 Å². The van der Waals surface area contributed by atoms with Crippen LogP contribution in [0.4, 0.5) is 13.2 Å². The van der Waals surface area contributed by atoms with Gasteiger partial charge in [-0.1, -0.05) is 6.07 Å². The topological polar surface area (TPSA) is 40.9 Å². The first kappa shape index (κ1) is 13.5. The molecule has 1 unspecified atom stereocenters. The van der Waals surface area contributed by atoms with Crippen molar-refractivity contribution in [1.29, 1.82) is 5.26 Å². The molecule has 2 nitrogen and oxygen atoms in total. The lowest BCUT2D eigenvalue weighted by molar-refractivity contribution is -0.138. The largest absolute Gasteiger partial charge is 0.416 e. The molecular formula is C11H7ClF3NO. The van der Waals surface area contributed by atoms with Crippen LogP contribution in [0.5, 0.6) is 0 Å². The standard InChI is InChI=1S/C11H7ClF3NO/c12-9(6-17)4-8-2-1-7(5-16)3-10(8)11(13,14)15/h1-3,6,9H,4H2. The van der Waals surface area contributed by atoms with Gasteiger partial charge in [-0.3, -0.25) is 0 Å². The molecule has 0 N–H and O–H groups in total. The summed E-state index contributed by atoms with van der Waals surface area (Å²) in [6.45, 7) is 0. The summed E-state index contributed by atoms with van der Waals surface area (Å²) in [6, 6.07) is 4.81. The smallest absolute Gasteiger partial charge is 0.302 e. The van der Waals surface area contributed by atoms with Crippen molar-refractivity contribution < 1.29 is 18.0 Å². The molecule has 0 fully saturated rings. The SMILES string of the molecule is N#Cc1ccc(CC(Cl)C=O)c(C(F)(F)F)c1. The van der Waals surface area contributed by atoms with Gasteiger partial charge in [0.15, 0.2) is 0 Å². The molecule has 0 saturated heterocycles. The summed E-state index contributed by atoms with van der Waals surface area (Å²) in [7, 11) is 0. The fourth-order valence-electron chi connectivity index (χ4n) is 1.35. The van der Waals surface area contributed by atoms with Crippen LogP contribution in [0.1, 0.15) is 16.7 Å². The van der Waals surface area contributed by atoms with Crippen molar-refractivity contribution in [2.45, 2.75) is 18.0 Å². The number of alkyl halides is 4. The summed E-state index contributed by atoms with van der Waals surface area (Å²) in [5, 5.41) is 7.54. The van der Waals surface area contributed by atoms with Gasteiger partial charge in [0.25, 0.3) is 0 Å². The van der Waals surface area contributed by atoms with E-state index in [2.05, 4.69) is 0 Å². The zero-order valence-electron chi connectivity index (χ0n) is 8.46. The first-order valence-electron chi connectivity index (χ1n) is 4.58. The third kappa shape index (κ3) is 3.46. The molecule has 1 aromatic rings. The predicted octanol–water partition coefficient (Wildman–Crippen LogP) is 2.93. The Morgan fingerprint density at radius 1 is 1.47 bits per heavy atom. The van der Waals surface area contributed by atoms with Gasteiger partial charge in [-0.25, -0.2) is 0 Å². The van der Waals surface area contributed by atoms with E-state index in [-0.39, 0.29) is 17.5 Å². The van der Waals surface area contributed by atoms with Crippen LogP contribution in [-0.2, 0) is 17.4 Å². The number of hydrogen-bond donors (Lipinski definition) is 0. The van der Waals surface area contributed by atoms with Crippen LogP contribution in [0.3, 0.4) is 0 Å². The van der Waals surface area contributed by atoms with Crippen LogP contribution in [0.15, 0.2) is 18.2 Å². The number of nitriles is 1. The molecule has 17 heavy (non-hydrogen) atoms. The van der Waals surface area contributed by atoms with E-state index in [0.29, 0.717) is 6.29 Å². The zero-order valence-corrected chi connectivity index (χ0v) is 9.22. The molecule has 1 rings (SSSR count). The summed E-state index contributed by atoms with van der Waals surface area (Å²) in [6.07, 6.45) is -4.41. The van der Waals surface area contributed by atoms with E-state index in [1.807, 2.05) is 0 Å². The van der Waals surface area contributed by atoms with Crippen LogP contribution in [0.2, 0.25) is 0 Å². The Labute approximate surface area is 101 Å². The maximum absolute atomic E-state index is 12.7. The van der Waals surface area contributed by atoms with Gasteiger partial charge >= 0.3 is 6.18 Å². The molecule has 0 aliphatic heterocycles. The van der Waals surface area contributed by atoms with Gasteiger partial charge in [-0.05, 0) is 24.1 Å². The van der Waals surface area contributed by atoms with E-state index in [1.54, 1.807) is 6.07 Å². The molecule has 1 atom stereocenters. The molecule has 90 valence electrons. The average Bonchev–Trinajstić information content (AvgIpc) is 2.28. The van der Waals surface area contributed by atoms with Gasteiger partial charge in [0.1, 0.15) is 6.29 Å². The van der Waals surface area contributed by atoms with Crippen LogP contribution in [0, 0.1) is 11.3 Å². The average molecular weight is 262 g/mol. The molecular weight excluding hydrogens is 255 g/mol. The Kier molecular flexibility index (Phi) is 4.13. The highest BCUT2D eigenvalue weighted by molar-refractivity contribution is 6.27. The van der Waals surface area contributed by atoms with Gasteiger partial charge < -0.3 is 4.79 Å². The van der Waals surface area contributed by atoms with E-state index in [0.717, 1.165) is 6.07 Å². The van der Waals surface area contributed by atoms with Crippen molar-refractivity contribution in [3.63, 3.8) is 0 Å². The monoisotopic (exact) mass is 261 g/mol. The summed E-state index contributed by atoms with van der Waals surface area (Å²) in [5.41, 5.74) is -1.11. The van der Waals surface area contributed by atoms with E-state index >= 15 is 0 Å². The van der Waals surface area contributed by atoms with Crippen molar-refractivity contribution in [3.8, 4) is 6.07 Å². The third-order valence-corrected chi connectivity index (χ3v) is 2.36. The number of benzene rings is 1. The van der Waals surface area contributed by atoms with Crippen LogP contribution in [0.25, 0.3) is 0 Å². The summed E-state index contributed by atoms with van der Waals surface area (Å²) in [4.78, 5) is 10.3. The van der Waals surface area contributed by atoms with E-state index in [9.17, 15) is 18.0 Å². The lowest BCUT2D eigenvalue weighted by atomic mass is 10.00. The molecule has 1 aromatic carbocycles. The minimum absolute atomic E-state index is 0.0849. The molecule has 6 heteroatoms. The van der Waals surface area contributed by atoms with Crippen molar-refractivity contribution >= 4 is 17.9 Å². The summed E-state index contributed by atoms with van der Waals surface area (Å²) >= 11 is 5.50. The number of nitrogens with zero attached hydrogens (tertiary/aromatic N) is 1. The molecule has 0 aliphatic rings. The Morgan fingerprint density at radius 3 is 2.59 bits per heavy atom. The minimum atomic E-state index is -4.57. The van der Waals surface area contributed by atoms with Gasteiger partial charge in [-0.15, -0.1) is 11.6 Å². The number of halogens is 4. The molecule has 0 aliphatic carbocycles. The Bertz CT molecular complexity index is 465. The van der Waals surface area contributed by atoms with Gasteiger partial charge in [0, 0.05) is 0 Å². The Morgan fingerprint density at radius 2 is 2.12 bits per heavy atom. The van der Waals surface area contributed by atoms with E-state index in [1.165, 1.54) is 12.1 Å². The van der Waals surface area contributed by atoms with Crippen molar-refractivity contribution in [1.82, 2.24) is 0 Å². The lowest BCUT2D eigenvalue weighted by Gasteiger charge is -2.13. The zero-order chi connectivity index (χ0) is 13.1. The second kappa shape index (κ2) is 5.19. The normalized spacial score (nSPS) is 12.9.